The SMILES string of the molecule is O=C(/C=C/c1ccc(F)cc1)c1c(F)cccc1F. The number of carbonyl (C=O) groups is 1. The molecule has 0 fully saturated rings. The molecule has 0 N–H and O–H groups in total. The standard InChI is InChI=1S/C15H9F3O/c16-11-7-4-10(5-8-11)6-9-14(19)15-12(17)2-1-3-13(15)18/h1-9H/b9-6+. The average molecular weight is 262 g/mol. The van der Waals surface area contributed by atoms with Crippen LogP contribution in [0.5, 0.6) is 0 Å². The molecule has 0 aliphatic carbocycles. The molecule has 2 aromatic carbocycles. The van der Waals surface area contributed by atoms with Crippen molar-refractivity contribution < 1.29 is 18.0 Å². The third-order valence-electron chi connectivity index (χ3n) is 2.51. The third-order valence-corrected chi connectivity index (χ3v) is 2.51. The molecule has 0 unspecified atom stereocenters. The topological polar surface area (TPSA) is 17.1 Å². The molecule has 2 aromatic rings. The maximum absolute atomic E-state index is 13.3. The zero-order chi connectivity index (χ0) is 13.8. The van der Waals surface area contributed by atoms with Crippen LogP contribution in [-0.2, 0) is 0 Å². The quantitative estimate of drug-likeness (QED) is 0.603. The van der Waals surface area contributed by atoms with Crippen LogP contribution in [0.3, 0.4) is 0 Å². The molecular weight excluding hydrogens is 253 g/mol. The second-order valence-electron chi connectivity index (χ2n) is 3.85. The largest absolute Gasteiger partial charge is 0.289 e. The minimum atomic E-state index is -0.909. The van der Waals surface area contributed by atoms with Crippen LogP contribution in [0.2, 0.25) is 0 Å². The highest BCUT2D eigenvalue weighted by Gasteiger charge is 2.14. The summed E-state index contributed by atoms with van der Waals surface area (Å²) in [5.74, 6) is -2.99. The first-order valence-electron chi connectivity index (χ1n) is 5.50. The smallest absolute Gasteiger partial charge is 0.191 e. The maximum Gasteiger partial charge on any atom is 0.191 e. The van der Waals surface area contributed by atoms with Crippen LogP contribution in [0.25, 0.3) is 6.08 Å². The molecule has 4 heteroatoms. The number of hydrogen-bond acceptors (Lipinski definition) is 1. The number of carbonyl (C=O) groups excluding carboxylic acids is 1. The van der Waals surface area contributed by atoms with Gasteiger partial charge in [0.05, 0.1) is 5.56 Å². The van der Waals surface area contributed by atoms with E-state index < -0.39 is 28.8 Å². The van der Waals surface area contributed by atoms with Crippen molar-refractivity contribution in [3.05, 3.63) is 77.1 Å². The molecular formula is C15H9F3O. The number of benzene rings is 2. The summed E-state index contributed by atoms with van der Waals surface area (Å²) in [6.07, 6.45) is 2.42. The molecule has 1 nitrogen and oxygen atoms in total. The fraction of sp³-hybridized carbons (Fsp3) is 0. The fourth-order valence-electron chi connectivity index (χ4n) is 1.56. The van der Waals surface area contributed by atoms with Gasteiger partial charge >= 0.3 is 0 Å². The average Bonchev–Trinajstić information content (AvgIpc) is 2.38. The summed E-state index contributed by atoms with van der Waals surface area (Å²) in [7, 11) is 0. The number of halogens is 3. The molecule has 0 aromatic heterocycles. The van der Waals surface area contributed by atoms with Crippen molar-refractivity contribution in [2.24, 2.45) is 0 Å². The van der Waals surface area contributed by atoms with Gasteiger partial charge in [0.25, 0.3) is 0 Å². The van der Waals surface area contributed by atoms with Gasteiger partial charge in [0.1, 0.15) is 17.5 Å². The van der Waals surface area contributed by atoms with Crippen molar-refractivity contribution >= 4 is 11.9 Å². The highest BCUT2D eigenvalue weighted by atomic mass is 19.1. The van der Waals surface area contributed by atoms with Crippen molar-refractivity contribution in [1.29, 1.82) is 0 Å². The normalized spacial score (nSPS) is 10.9. The Morgan fingerprint density at radius 1 is 0.895 bits per heavy atom. The Balaban J connectivity index is 2.24. The van der Waals surface area contributed by atoms with Crippen molar-refractivity contribution in [2.75, 3.05) is 0 Å². The number of ketones is 1. The van der Waals surface area contributed by atoms with E-state index in [-0.39, 0.29) is 0 Å². The van der Waals surface area contributed by atoms with E-state index in [0.29, 0.717) is 5.56 Å². The predicted molar refractivity (Wildman–Crippen MR) is 66.1 cm³/mol. The van der Waals surface area contributed by atoms with Gasteiger partial charge in [0.15, 0.2) is 5.78 Å². The van der Waals surface area contributed by atoms with E-state index in [2.05, 4.69) is 0 Å². The lowest BCUT2D eigenvalue weighted by Gasteiger charge is -2.00. The first kappa shape index (κ1) is 13.1. The number of rotatable bonds is 3. The zero-order valence-electron chi connectivity index (χ0n) is 9.74. The van der Waals surface area contributed by atoms with E-state index in [9.17, 15) is 18.0 Å². The van der Waals surface area contributed by atoms with Crippen molar-refractivity contribution in [2.45, 2.75) is 0 Å². The van der Waals surface area contributed by atoms with Crippen LogP contribution in [0.1, 0.15) is 15.9 Å². The van der Waals surface area contributed by atoms with Crippen LogP contribution in [0.15, 0.2) is 48.5 Å². The fourth-order valence-corrected chi connectivity index (χ4v) is 1.56. The van der Waals surface area contributed by atoms with Gasteiger partial charge in [-0.05, 0) is 35.9 Å². The summed E-state index contributed by atoms with van der Waals surface area (Å²) in [6, 6.07) is 8.59. The van der Waals surface area contributed by atoms with E-state index in [0.717, 1.165) is 18.2 Å². The van der Waals surface area contributed by atoms with Crippen LogP contribution < -0.4 is 0 Å². The first-order chi connectivity index (χ1) is 9.08. The Hall–Kier alpha value is -2.36. The van der Waals surface area contributed by atoms with Gasteiger partial charge in [-0.3, -0.25) is 4.79 Å². The van der Waals surface area contributed by atoms with Crippen molar-refractivity contribution in [3.8, 4) is 0 Å². The number of hydrogen-bond donors (Lipinski definition) is 0. The molecule has 0 saturated carbocycles. The Bertz CT molecular complexity index is 610. The van der Waals surface area contributed by atoms with Gasteiger partial charge in [-0.15, -0.1) is 0 Å². The van der Waals surface area contributed by atoms with Crippen LogP contribution in [-0.4, -0.2) is 5.78 Å². The molecule has 96 valence electrons. The highest BCUT2D eigenvalue weighted by molar-refractivity contribution is 6.07. The third kappa shape index (κ3) is 3.10. The van der Waals surface area contributed by atoms with E-state index >= 15 is 0 Å². The van der Waals surface area contributed by atoms with Crippen LogP contribution >= 0.6 is 0 Å². The van der Waals surface area contributed by atoms with Gasteiger partial charge in [-0.25, -0.2) is 13.2 Å². The van der Waals surface area contributed by atoms with E-state index in [4.69, 9.17) is 0 Å². The van der Waals surface area contributed by atoms with E-state index in [1.54, 1.807) is 0 Å². The molecule has 0 bridgehead atoms. The van der Waals surface area contributed by atoms with Gasteiger partial charge in [0.2, 0.25) is 0 Å². The summed E-state index contributed by atoms with van der Waals surface area (Å²) < 4.78 is 39.3. The minimum Gasteiger partial charge on any atom is -0.289 e. The zero-order valence-corrected chi connectivity index (χ0v) is 9.74. The Morgan fingerprint density at radius 2 is 1.47 bits per heavy atom. The molecule has 0 aliphatic heterocycles. The van der Waals surface area contributed by atoms with Gasteiger partial charge in [-0.1, -0.05) is 24.3 Å². The summed E-state index contributed by atoms with van der Waals surface area (Å²) in [4.78, 5) is 11.7. The second kappa shape index (κ2) is 5.52. The Kier molecular flexibility index (Phi) is 3.80. The molecule has 0 aliphatic rings. The monoisotopic (exact) mass is 262 g/mol. The molecule has 0 saturated heterocycles. The minimum absolute atomic E-state index is 0.399. The maximum atomic E-state index is 13.3. The summed E-state index contributed by atoms with van der Waals surface area (Å²) >= 11 is 0. The second-order valence-corrected chi connectivity index (χ2v) is 3.85. The lowest BCUT2D eigenvalue weighted by Crippen LogP contribution is -2.02. The van der Waals surface area contributed by atoms with Crippen molar-refractivity contribution in [1.82, 2.24) is 0 Å². The van der Waals surface area contributed by atoms with Crippen molar-refractivity contribution in [3.63, 3.8) is 0 Å². The Morgan fingerprint density at radius 3 is 2.05 bits per heavy atom. The summed E-state index contributed by atoms with van der Waals surface area (Å²) in [6.45, 7) is 0. The number of allylic oxidation sites excluding steroid dienone is 1. The van der Waals surface area contributed by atoms with Gasteiger partial charge < -0.3 is 0 Å². The molecule has 0 atom stereocenters. The molecule has 0 spiro atoms. The van der Waals surface area contributed by atoms with E-state index in [1.807, 2.05) is 0 Å². The molecule has 2 rings (SSSR count). The molecule has 0 amide bonds. The summed E-state index contributed by atoms with van der Waals surface area (Å²) in [5, 5.41) is 0. The molecule has 19 heavy (non-hydrogen) atoms. The lowest BCUT2D eigenvalue weighted by atomic mass is 10.1. The highest BCUT2D eigenvalue weighted by Crippen LogP contribution is 2.14. The lowest BCUT2D eigenvalue weighted by molar-refractivity contribution is 0.104. The van der Waals surface area contributed by atoms with Gasteiger partial charge in [-0.2, -0.15) is 0 Å². The van der Waals surface area contributed by atoms with Crippen LogP contribution in [0, 0.1) is 17.5 Å². The summed E-state index contributed by atoms with van der Waals surface area (Å²) in [5.41, 5.74) is -0.0349. The van der Waals surface area contributed by atoms with E-state index in [1.165, 1.54) is 36.4 Å². The first-order valence-corrected chi connectivity index (χ1v) is 5.50. The van der Waals surface area contributed by atoms with Crippen LogP contribution in [0.4, 0.5) is 13.2 Å². The molecule has 0 heterocycles. The molecule has 0 radical (unpaired) electrons. The Labute approximate surface area is 108 Å². The predicted octanol–water partition coefficient (Wildman–Crippen LogP) is 4.00. The van der Waals surface area contributed by atoms with Gasteiger partial charge in [0, 0.05) is 0 Å².